The van der Waals surface area contributed by atoms with E-state index in [1.165, 1.54) is 31.5 Å². The van der Waals surface area contributed by atoms with Crippen LogP contribution in [-0.4, -0.2) is 28.0 Å². The Hall–Kier alpha value is -0.900. The van der Waals surface area contributed by atoms with Gasteiger partial charge in [0, 0.05) is 18.4 Å². The van der Waals surface area contributed by atoms with Crippen molar-refractivity contribution in [3.05, 3.63) is 11.6 Å². The molecule has 0 bridgehead atoms. The second-order valence-electron chi connectivity index (χ2n) is 4.80. The number of ether oxygens (including phenoxy) is 1. The van der Waals surface area contributed by atoms with Crippen LogP contribution < -0.4 is 0 Å². The molecule has 1 aromatic rings. The summed E-state index contributed by atoms with van der Waals surface area (Å²) in [7, 11) is 0. The van der Waals surface area contributed by atoms with Crippen molar-refractivity contribution in [1.29, 1.82) is 0 Å². The summed E-state index contributed by atoms with van der Waals surface area (Å²) in [5.74, 6) is 3.63. The second-order valence-corrected chi connectivity index (χ2v) is 4.80. The van der Waals surface area contributed by atoms with E-state index in [-0.39, 0.29) is 0 Å². The van der Waals surface area contributed by atoms with Crippen LogP contribution in [-0.2, 0) is 11.3 Å². The van der Waals surface area contributed by atoms with E-state index in [4.69, 9.17) is 9.72 Å². The molecule has 88 valence electrons. The third kappa shape index (κ3) is 2.12. The Morgan fingerprint density at radius 3 is 2.62 bits per heavy atom. The molecular formula is C12H19N3O. The van der Waals surface area contributed by atoms with Gasteiger partial charge in [0.15, 0.2) is 5.82 Å². The number of hydrogen-bond acceptors (Lipinski definition) is 3. The van der Waals surface area contributed by atoms with E-state index >= 15 is 0 Å². The van der Waals surface area contributed by atoms with Gasteiger partial charge in [-0.25, -0.2) is 9.67 Å². The van der Waals surface area contributed by atoms with Crippen molar-refractivity contribution in [3.63, 3.8) is 0 Å². The molecule has 0 spiro atoms. The summed E-state index contributed by atoms with van der Waals surface area (Å²) in [6, 6.07) is 0. The van der Waals surface area contributed by atoms with Gasteiger partial charge in [-0.15, -0.1) is 0 Å². The average molecular weight is 221 g/mol. The van der Waals surface area contributed by atoms with Gasteiger partial charge >= 0.3 is 0 Å². The van der Waals surface area contributed by atoms with Crippen molar-refractivity contribution in [2.45, 2.75) is 51.0 Å². The first-order chi connectivity index (χ1) is 7.88. The van der Waals surface area contributed by atoms with Gasteiger partial charge in [-0.05, 0) is 32.6 Å². The highest BCUT2D eigenvalue weighted by molar-refractivity contribution is 5.12. The smallest absolute Gasteiger partial charge is 0.154 e. The van der Waals surface area contributed by atoms with Crippen molar-refractivity contribution in [2.24, 2.45) is 0 Å². The summed E-state index contributed by atoms with van der Waals surface area (Å²) in [5.41, 5.74) is 0. The van der Waals surface area contributed by atoms with Gasteiger partial charge in [0.2, 0.25) is 0 Å². The number of aromatic nitrogens is 3. The quantitative estimate of drug-likeness (QED) is 0.690. The summed E-state index contributed by atoms with van der Waals surface area (Å²) in [5, 5.41) is 4.63. The molecule has 0 aliphatic heterocycles. The zero-order chi connectivity index (χ0) is 11.0. The van der Waals surface area contributed by atoms with Crippen molar-refractivity contribution < 1.29 is 4.74 Å². The molecule has 1 heterocycles. The lowest BCUT2D eigenvalue weighted by molar-refractivity contribution is 0.135. The van der Waals surface area contributed by atoms with Crippen LogP contribution in [0.3, 0.4) is 0 Å². The zero-order valence-corrected chi connectivity index (χ0v) is 9.85. The first kappa shape index (κ1) is 10.3. The maximum Gasteiger partial charge on any atom is 0.154 e. The Morgan fingerprint density at radius 1 is 1.25 bits per heavy atom. The predicted octanol–water partition coefficient (Wildman–Crippen LogP) is 2.07. The summed E-state index contributed by atoms with van der Waals surface area (Å²) in [6.07, 6.45) is 5.13. The highest BCUT2D eigenvalue weighted by atomic mass is 16.5. The third-order valence-corrected chi connectivity index (χ3v) is 3.25. The van der Waals surface area contributed by atoms with E-state index in [2.05, 4.69) is 9.78 Å². The third-order valence-electron chi connectivity index (χ3n) is 3.25. The lowest BCUT2D eigenvalue weighted by Crippen LogP contribution is -2.10. The fourth-order valence-corrected chi connectivity index (χ4v) is 1.99. The predicted molar refractivity (Wildman–Crippen MR) is 60.5 cm³/mol. The molecule has 2 aliphatic carbocycles. The van der Waals surface area contributed by atoms with E-state index in [9.17, 15) is 0 Å². The van der Waals surface area contributed by atoms with Gasteiger partial charge in [0.05, 0.1) is 13.2 Å². The van der Waals surface area contributed by atoms with Gasteiger partial charge in [0.1, 0.15) is 5.82 Å². The van der Waals surface area contributed by atoms with Crippen LogP contribution in [0, 0.1) is 0 Å². The summed E-state index contributed by atoms with van der Waals surface area (Å²) in [4.78, 5) is 4.71. The minimum absolute atomic E-state index is 0.658. The van der Waals surface area contributed by atoms with Crippen LogP contribution in [0.5, 0.6) is 0 Å². The molecule has 0 atom stereocenters. The fraction of sp³-hybridized carbons (Fsp3) is 0.833. The van der Waals surface area contributed by atoms with Crippen molar-refractivity contribution in [3.8, 4) is 0 Å². The molecule has 0 unspecified atom stereocenters. The molecule has 0 radical (unpaired) electrons. The standard InChI is InChI=1S/C12H19N3O/c1-2-16-8-7-15-12(10-5-6-10)13-11(14-15)9-3-4-9/h9-10H,2-8H2,1H3. The summed E-state index contributed by atoms with van der Waals surface area (Å²) < 4.78 is 7.47. The van der Waals surface area contributed by atoms with Gasteiger partial charge in [-0.1, -0.05) is 0 Å². The SMILES string of the molecule is CCOCCn1nc(C2CC2)nc1C1CC1. The first-order valence-corrected chi connectivity index (χ1v) is 6.41. The molecule has 2 aliphatic rings. The molecule has 0 aromatic carbocycles. The molecule has 0 saturated heterocycles. The van der Waals surface area contributed by atoms with E-state index in [0.29, 0.717) is 11.8 Å². The lowest BCUT2D eigenvalue weighted by atomic mass is 10.4. The van der Waals surface area contributed by atoms with Crippen LogP contribution in [0.25, 0.3) is 0 Å². The van der Waals surface area contributed by atoms with Crippen LogP contribution in [0.4, 0.5) is 0 Å². The van der Waals surface area contributed by atoms with Crippen molar-refractivity contribution in [1.82, 2.24) is 14.8 Å². The monoisotopic (exact) mass is 221 g/mol. The number of rotatable bonds is 6. The molecule has 0 N–H and O–H groups in total. The van der Waals surface area contributed by atoms with E-state index in [1.54, 1.807) is 0 Å². The van der Waals surface area contributed by atoms with Crippen molar-refractivity contribution in [2.75, 3.05) is 13.2 Å². The average Bonchev–Trinajstić information content (AvgIpc) is 3.18. The molecule has 16 heavy (non-hydrogen) atoms. The van der Waals surface area contributed by atoms with E-state index in [1.807, 2.05) is 6.92 Å². The maximum absolute atomic E-state index is 5.39. The molecule has 0 amide bonds. The molecule has 3 rings (SSSR count). The minimum Gasteiger partial charge on any atom is -0.380 e. The molecule has 2 fully saturated rings. The Morgan fingerprint density at radius 2 is 2.00 bits per heavy atom. The Balaban J connectivity index is 1.72. The minimum atomic E-state index is 0.658. The van der Waals surface area contributed by atoms with Crippen LogP contribution in [0.15, 0.2) is 0 Å². The maximum atomic E-state index is 5.39. The molecular weight excluding hydrogens is 202 g/mol. The molecule has 2 saturated carbocycles. The largest absolute Gasteiger partial charge is 0.380 e. The van der Waals surface area contributed by atoms with Gasteiger partial charge in [-0.3, -0.25) is 0 Å². The second kappa shape index (κ2) is 4.17. The molecule has 1 aromatic heterocycles. The van der Waals surface area contributed by atoms with Crippen LogP contribution in [0.2, 0.25) is 0 Å². The molecule has 4 nitrogen and oxygen atoms in total. The highest BCUT2D eigenvalue weighted by Crippen LogP contribution is 2.42. The Labute approximate surface area is 96.0 Å². The van der Waals surface area contributed by atoms with Crippen molar-refractivity contribution >= 4 is 0 Å². The topological polar surface area (TPSA) is 39.9 Å². The Bertz CT molecular complexity index is 366. The molecule has 4 heteroatoms. The van der Waals surface area contributed by atoms with Crippen LogP contribution >= 0.6 is 0 Å². The van der Waals surface area contributed by atoms with E-state index < -0.39 is 0 Å². The van der Waals surface area contributed by atoms with Gasteiger partial charge < -0.3 is 4.74 Å². The number of hydrogen-bond donors (Lipinski definition) is 0. The lowest BCUT2D eigenvalue weighted by Gasteiger charge is -2.04. The highest BCUT2D eigenvalue weighted by Gasteiger charge is 2.33. The number of nitrogens with zero attached hydrogens (tertiary/aromatic N) is 3. The van der Waals surface area contributed by atoms with Gasteiger partial charge in [0.25, 0.3) is 0 Å². The van der Waals surface area contributed by atoms with E-state index in [0.717, 1.165) is 25.6 Å². The summed E-state index contributed by atoms with van der Waals surface area (Å²) in [6.45, 7) is 4.42. The van der Waals surface area contributed by atoms with Crippen LogP contribution in [0.1, 0.15) is 56.1 Å². The van der Waals surface area contributed by atoms with Gasteiger partial charge in [-0.2, -0.15) is 5.10 Å². The zero-order valence-electron chi connectivity index (χ0n) is 9.85. The first-order valence-electron chi connectivity index (χ1n) is 6.41. The Kier molecular flexibility index (Phi) is 2.67. The normalized spacial score (nSPS) is 20.3. The fourth-order valence-electron chi connectivity index (χ4n) is 1.99. The summed E-state index contributed by atoms with van der Waals surface area (Å²) >= 11 is 0.